The fraction of sp³-hybridized carbons (Fsp3) is 0.111. The van der Waals surface area contributed by atoms with Gasteiger partial charge in [-0.15, -0.1) is 0 Å². The van der Waals surface area contributed by atoms with Crippen molar-refractivity contribution in [2.45, 2.75) is 5.60 Å². The molecular formula is C27H24Cl2N3O5P. The van der Waals surface area contributed by atoms with Crippen LogP contribution in [-0.2, 0) is 24.2 Å². The second kappa shape index (κ2) is 9.91. The first-order chi connectivity index (χ1) is 18.0. The molecule has 0 amide bonds. The Morgan fingerprint density at radius 3 is 2.24 bits per heavy atom. The van der Waals surface area contributed by atoms with E-state index in [4.69, 9.17) is 27.7 Å². The molecule has 0 bridgehead atoms. The van der Waals surface area contributed by atoms with E-state index in [9.17, 15) is 19.5 Å². The second-order valence-electron chi connectivity index (χ2n) is 8.95. The zero-order valence-electron chi connectivity index (χ0n) is 20.3. The summed E-state index contributed by atoms with van der Waals surface area (Å²) in [6, 6.07) is 20.6. The first-order valence-corrected chi connectivity index (χ1v) is 14.0. The van der Waals surface area contributed by atoms with Crippen LogP contribution in [0.5, 0.6) is 0 Å². The van der Waals surface area contributed by atoms with Crippen LogP contribution in [0.4, 0.5) is 0 Å². The van der Waals surface area contributed by atoms with E-state index in [0.29, 0.717) is 43.3 Å². The van der Waals surface area contributed by atoms with Gasteiger partial charge in [-0.05, 0) is 0 Å². The first-order valence-electron chi connectivity index (χ1n) is 11.5. The van der Waals surface area contributed by atoms with Crippen LogP contribution in [0.25, 0.3) is 22.0 Å². The molecule has 0 unspecified atom stereocenters. The fourth-order valence-corrected chi connectivity index (χ4v) is 5.86. The number of benzene rings is 3. The van der Waals surface area contributed by atoms with Gasteiger partial charge in [0.1, 0.15) is 0 Å². The van der Waals surface area contributed by atoms with Crippen molar-refractivity contribution in [2.75, 3.05) is 0 Å². The van der Waals surface area contributed by atoms with Crippen molar-refractivity contribution >= 4 is 42.3 Å². The molecule has 1 atom stereocenters. The Morgan fingerprint density at radius 1 is 0.895 bits per heavy atom. The van der Waals surface area contributed by atoms with E-state index in [1.165, 1.54) is 16.8 Å². The summed E-state index contributed by atoms with van der Waals surface area (Å²) < 4.78 is 9.03. The van der Waals surface area contributed by atoms with Gasteiger partial charge in [0, 0.05) is 0 Å². The number of hydrogen-bond acceptors (Lipinski definition) is 6. The molecule has 5 rings (SSSR count). The maximum atomic E-state index is 12.9. The number of aryl methyl sites for hydroxylation is 2. The maximum absolute atomic E-state index is 12.9. The predicted octanol–water partition coefficient (Wildman–Crippen LogP) is 4.94. The van der Waals surface area contributed by atoms with Gasteiger partial charge in [-0.2, -0.15) is 0 Å². The standard InChI is InChI=1S/C27H24Cl2N3O5P/c1-31-16-30-15-25(31)27(37-38(34,35)36,18-6-9-20(28)10-7-18)19-8-11-24-23(13-19)22(14-26(33)32(24)2)17-4-3-5-21(29)12-17/h3-16,34-36,38H,1-2H3/t27-/m1/s1. The van der Waals surface area contributed by atoms with Crippen LogP contribution < -0.4 is 5.56 Å². The molecule has 5 aromatic rings. The van der Waals surface area contributed by atoms with Gasteiger partial charge in [-0.25, -0.2) is 0 Å². The molecule has 8 nitrogen and oxygen atoms in total. The second-order valence-corrected chi connectivity index (χ2v) is 11.2. The molecule has 0 fully saturated rings. The van der Waals surface area contributed by atoms with Crippen molar-refractivity contribution in [1.82, 2.24) is 14.1 Å². The van der Waals surface area contributed by atoms with E-state index in [2.05, 4.69) is 4.98 Å². The van der Waals surface area contributed by atoms with Crippen LogP contribution in [0.1, 0.15) is 16.8 Å². The predicted molar refractivity (Wildman–Crippen MR) is 150 cm³/mol. The van der Waals surface area contributed by atoms with E-state index >= 15 is 0 Å². The van der Waals surface area contributed by atoms with Gasteiger partial charge >= 0.3 is 229 Å². The van der Waals surface area contributed by atoms with Crippen LogP contribution in [0.15, 0.2) is 90.1 Å². The summed E-state index contributed by atoms with van der Waals surface area (Å²) >= 11 is 12.4. The Bertz CT molecular complexity index is 1710. The zero-order chi connectivity index (χ0) is 27.2. The average Bonchev–Trinajstić information content (AvgIpc) is 3.30. The summed E-state index contributed by atoms with van der Waals surface area (Å²) in [4.78, 5) is 47.9. The molecule has 2 heterocycles. The fourth-order valence-electron chi connectivity index (χ4n) is 4.79. The van der Waals surface area contributed by atoms with Crippen LogP contribution in [0.3, 0.4) is 0 Å². The normalized spacial score (nSPS) is 14.0. The number of imidazole rings is 1. The third-order valence-electron chi connectivity index (χ3n) is 6.51. The molecule has 0 aliphatic rings. The summed E-state index contributed by atoms with van der Waals surface area (Å²) in [6.45, 7) is 0. The number of aromatic nitrogens is 3. The molecule has 0 radical (unpaired) electrons. The van der Waals surface area contributed by atoms with Gasteiger partial charge in [0.25, 0.3) is 0 Å². The van der Waals surface area contributed by atoms with E-state index in [-0.39, 0.29) is 5.56 Å². The third kappa shape index (κ3) is 4.77. The third-order valence-corrected chi connectivity index (χ3v) is 7.57. The van der Waals surface area contributed by atoms with Crippen molar-refractivity contribution in [3.05, 3.63) is 123 Å². The van der Waals surface area contributed by atoms with E-state index in [1.54, 1.807) is 85.7 Å². The van der Waals surface area contributed by atoms with Gasteiger partial charge in [-0.1, -0.05) is 0 Å². The molecule has 2 aromatic heterocycles. The number of pyridine rings is 1. The number of rotatable bonds is 6. The Balaban J connectivity index is 1.91. The molecule has 3 aromatic carbocycles. The molecule has 0 aliphatic carbocycles. The first kappa shape index (κ1) is 26.5. The average molecular weight is 572 g/mol. The van der Waals surface area contributed by atoms with Gasteiger partial charge in [0.15, 0.2) is 0 Å². The minimum atomic E-state index is -5.17. The Morgan fingerprint density at radius 2 is 1.61 bits per heavy atom. The molecule has 0 aliphatic heterocycles. The molecule has 3 N–H and O–H groups in total. The summed E-state index contributed by atoms with van der Waals surface area (Å²) in [5.41, 5.74) is 1.40. The topological polar surface area (TPSA) is 110 Å². The molecule has 196 valence electrons. The Labute approximate surface area is 228 Å². The van der Waals surface area contributed by atoms with Crippen molar-refractivity contribution in [1.29, 1.82) is 0 Å². The molecule has 11 heteroatoms. The van der Waals surface area contributed by atoms with Crippen LogP contribution in [0.2, 0.25) is 10.0 Å². The molecule has 0 spiro atoms. The van der Waals surface area contributed by atoms with Crippen molar-refractivity contribution in [2.24, 2.45) is 14.1 Å². The summed E-state index contributed by atoms with van der Waals surface area (Å²) in [5.74, 6) is 0. The molecule has 0 saturated carbocycles. The zero-order valence-corrected chi connectivity index (χ0v) is 22.9. The molecule has 38 heavy (non-hydrogen) atoms. The summed E-state index contributed by atoms with van der Waals surface area (Å²) in [5, 5.41) is 1.65. The number of halogens is 2. The van der Waals surface area contributed by atoms with Crippen molar-refractivity contribution < 1.29 is 19.2 Å². The summed E-state index contributed by atoms with van der Waals surface area (Å²) in [6.07, 6.45) is 3.07. The van der Waals surface area contributed by atoms with Crippen LogP contribution in [0, 0.1) is 0 Å². The van der Waals surface area contributed by atoms with Gasteiger partial charge < -0.3 is 0 Å². The van der Waals surface area contributed by atoms with E-state index in [1.807, 2.05) is 6.07 Å². The molecular weight excluding hydrogens is 548 g/mol. The number of nitrogens with zero attached hydrogens (tertiary/aromatic N) is 3. The monoisotopic (exact) mass is 571 g/mol. The van der Waals surface area contributed by atoms with Gasteiger partial charge in [-0.3, -0.25) is 0 Å². The van der Waals surface area contributed by atoms with E-state index < -0.39 is 13.8 Å². The van der Waals surface area contributed by atoms with Crippen molar-refractivity contribution in [3.63, 3.8) is 0 Å². The van der Waals surface area contributed by atoms with Gasteiger partial charge in [0.05, 0.1) is 0 Å². The summed E-state index contributed by atoms with van der Waals surface area (Å²) in [7, 11) is -1.77. The Hall–Kier alpha value is -3.07. The number of hydrogen-bond donors (Lipinski definition) is 3. The Kier molecular flexibility index (Phi) is 6.92. The van der Waals surface area contributed by atoms with E-state index in [0.717, 1.165) is 5.56 Å². The van der Waals surface area contributed by atoms with Crippen LogP contribution in [-0.4, -0.2) is 28.8 Å². The quantitative estimate of drug-likeness (QED) is 0.249. The SMILES string of the molecule is Cn1cncc1[C@@](O[PH](O)(O)O)(c1ccc(Cl)cc1)c1ccc2c(c1)c(-c1cccc(Cl)c1)cc(=O)n2C. The van der Waals surface area contributed by atoms with Crippen LogP contribution >= 0.6 is 31.4 Å². The minimum absolute atomic E-state index is 0.209. The number of fused-ring (bicyclic) bond motifs is 1. The molecule has 0 saturated heterocycles. The van der Waals surface area contributed by atoms with Gasteiger partial charge in [0.2, 0.25) is 0 Å². The van der Waals surface area contributed by atoms with Crippen molar-refractivity contribution in [3.8, 4) is 11.1 Å².